The van der Waals surface area contributed by atoms with Crippen LogP contribution in [0.5, 0.6) is 0 Å². The van der Waals surface area contributed by atoms with Crippen molar-refractivity contribution in [3.05, 3.63) is 35.4 Å². The first-order chi connectivity index (χ1) is 6.02. The number of carbonyl (C=O) groups is 1. The highest BCUT2D eigenvalue weighted by Crippen LogP contribution is 2.25. The van der Waals surface area contributed by atoms with E-state index in [1.807, 2.05) is 0 Å². The van der Waals surface area contributed by atoms with E-state index in [1.165, 1.54) is 0 Å². The van der Waals surface area contributed by atoms with Gasteiger partial charge < -0.3 is 5.73 Å². The lowest BCUT2D eigenvalue weighted by Crippen LogP contribution is -2.17. The number of primary amides is 1. The average molecular weight is 250 g/mol. The maximum atomic E-state index is 13.0. The van der Waals surface area contributed by atoms with Crippen molar-refractivity contribution in [2.75, 3.05) is 0 Å². The van der Waals surface area contributed by atoms with E-state index in [-0.39, 0.29) is 5.56 Å². The SMILES string of the molecule is NC(=O)C(Br)c1cc(F)ccc1F. The Balaban J connectivity index is 3.12. The van der Waals surface area contributed by atoms with Crippen molar-refractivity contribution in [2.24, 2.45) is 5.73 Å². The quantitative estimate of drug-likeness (QED) is 0.800. The lowest BCUT2D eigenvalue weighted by Gasteiger charge is -2.06. The topological polar surface area (TPSA) is 43.1 Å². The molecule has 0 heterocycles. The molecule has 2 N–H and O–H groups in total. The summed E-state index contributed by atoms with van der Waals surface area (Å²) in [5, 5.41) is 0. The van der Waals surface area contributed by atoms with E-state index < -0.39 is 22.4 Å². The summed E-state index contributed by atoms with van der Waals surface area (Å²) in [5.74, 6) is -2.03. The van der Waals surface area contributed by atoms with Gasteiger partial charge in [0.1, 0.15) is 16.5 Å². The Morgan fingerprint density at radius 1 is 1.46 bits per heavy atom. The molecule has 0 spiro atoms. The number of rotatable bonds is 2. The Labute approximate surface area is 81.9 Å². The summed E-state index contributed by atoms with van der Waals surface area (Å²) in [5.41, 5.74) is 4.82. The van der Waals surface area contributed by atoms with Gasteiger partial charge in [0.2, 0.25) is 5.91 Å². The van der Waals surface area contributed by atoms with Crippen LogP contribution < -0.4 is 5.73 Å². The first-order valence-electron chi connectivity index (χ1n) is 3.40. The van der Waals surface area contributed by atoms with E-state index in [4.69, 9.17) is 5.73 Å². The van der Waals surface area contributed by atoms with Gasteiger partial charge in [0.05, 0.1) is 0 Å². The molecule has 1 unspecified atom stereocenters. The highest BCUT2D eigenvalue weighted by molar-refractivity contribution is 9.09. The summed E-state index contributed by atoms with van der Waals surface area (Å²) in [6.07, 6.45) is 0. The fourth-order valence-corrected chi connectivity index (χ4v) is 1.21. The van der Waals surface area contributed by atoms with E-state index >= 15 is 0 Å². The number of alkyl halides is 1. The maximum absolute atomic E-state index is 13.0. The zero-order chi connectivity index (χ0) is 10.0. The fourth-order valence-electron chi connectivity index (χ4n) is 0.862. The number of hydrogen-bond acceptors (Lipinski definition) is 1. The molecule has 0 aliphatic rings. The minimum absolute atomic E-state index is 0.0903. The summed E-state index contributed by atoms with van der Waals surface area (Å²) in [7, 11) is 0. The van der Waals surface area contributed by atoms with E-state index in [0.717, 1.165) is 18.2 Å². The smallest absolute Gasteiger partial charge is 0.235 e. The number of nitrogens with two attached hydrogens (primary N) is 1. The second-order valence-corrected chi connectivity index (χ2v) is 3.35. The molecular weight excluding hydrogens is 244 g/mol. The predicted molar refractivity (Wildman–Crippen MR) is 47.2 cm³/mol. The van der Waals surface area contributed by atoms with Crippen LogP contribution in [0.2, 0.25) is 0 Å². The minimum Gasteiger partial charge on any atom is -0.368 e. The van der Waals surface area contributed by atoms with Crippen molar-refractivity contribution < 1.29 is 13.6 Å². The van der Waals surface area contributed by atoms with Gasteiger partial charge in [0.25, 0.3) is 0 Å². The molecule has 0 fully saturated rings. The third-order valence-electron chi connectivity index (χ3n) is 1.48. The van der Waals surface area contributed by atoms with E-state index in [0.29, 0.717) is 0 Å². The number of carbonyl (C=O) groups excluding carboxylic acids is 1. The van der Waals surface area contributed by atoms with Gasteiger partial charge in [-0.25, -0.2) is 8.78 Å². The zero-order valence-corrected chi connectivity index (χ0v) is 8.01. The predicted octanol–water partition coefficient (Wildman–Crippen LogP) is 1.89. The Morgan fingerprint density at radius 2 is 2.08 bits per heavy atom. The molecule has 0 aliphatic carbocycles. The molecule has 1 rings (SSSR count). The van der Waals surface area contributed by atoms with Crippen LogP contribution in [0.1, 0.15) is 10.4 Å². The third-order valence-corrected chi connectivity index (χ3v) is 2.43. The molecule has 0 saturated carbocycles. The van der Waals surface area contributed by atoms with Gasteiger partial charge >= 0.3 is 0 Å². The first kappa shape index (κ1) is 10.1. The second-order valence-electron chi connectivity index (χ2n) is 2.43. The molecule has 0 bridgehead atoms. The van der Waals surface area contributed by atoms with Gasteiger partial charge in [-0.05, 0) is 18.2 Å². The van der Waals surface area contributed by atoms with Gasteiger partial charge in [-0.2, -0.15) is 0 Å². The minimum atomic E-state index is -0.997. The first-order valence-corrected chi connectivity index (χ1v) is 4.32. The molecule has 0 aromatic heterocycles. The fraction of sp³-hybridized carbons (Fsp3) is 0.125. The number of hydrogen-bond donors (Lipinski definition) is 1. The molecular formula is C8H6BrF2NO. The van der Waals surface area contributed by atoms with Gasteiger partial charge in [-0.15, -0.1) is 0 Å². The zero-order valence-electron chi connectivity index (χ0n) is 6.43. The van der Waals surface area contributed by atoms with Crippen molar-refractivity contribution in [3.63, 3.8) is 0 Å². The monoisotopic (exact) mass is 249 g/mol. The Hall–Kier alpha value is -0.970. The normalized spacial score (nSPS) is 12.5. The Bertz CT molecular complexity index is 343. The van der Waals surface area contributed by atoms with Crippen LogP contribution >= 0.6 is 15.9 Å². The standard InChI is InChI=1S/C8H6BrF2NO/c9-7(8(12)13)5-3-4(10)1-2-6(5)11/h1-3,7H,(H2,12,13). The Kier molecular flexibility index (Phi) is 2.98. The van der Waals surface area contributed by atoms with Crippen molar-refractivity contribution in [1.82, 2.24) is 0 Å². The number of benzene rings is 1. The second kappa shape index (κ2) is 3.83. The average Bonchev–Trinajstić information content (AvgIpc) is 2.08. The summed E-state index contributed by atoms with van der Waals surface area (Å²) in [6, 6.07) is 2.85. The number of halogens is 3. The molecule has 0 aliphatic heterocycles. The molecule has 5 heteroatoms. The van der Waals surface area contributed by atoms with Crippen LogP contribution in [0.15, 0.2) is 18.2 Å². The summed E-state index contributed by atoms with van der Waals surface area (Å²) in [4.78, 5) is 9.65. The molecule has 1 aromatic carbocycles. The molecule has 2 nitrogen and oxygen atoms in total. The highest BCUT2D eigenvalue weighted by atomic mass is 79.9. The molecule has 70 valence electrons. The largest absolute Gasteiger partial charge is 0.368 e. The molecule has 1 aromatic rings. The van der Waals surface area contributed by atoms with Gasteiger partial charge in [-0.3, -0.25) is 4.79 Å². The molecule has 1 atom stereocenters. The summed E-state index contributed by atoms with van der Waals surface area (Å²) < 4.78 is 25.6. The highest BCUT2D eigenvalue weighted by Gasteiger charge is 2.18. The van der Waals surface area contributed by atoms with Crippen molar-refractivity contribution in [1.29, 1.82) is 0 Å². The van der Waals surface area contributed by atoms with Crippen LogP contribution in [0.4, 0.5) is 8.78 Å². The molecule has 0 radical (unpaired) electrons. The van der Waals surface area contributed by atoms with Crippen LogP contribution in [-0.4, -0.2) is 5.91 Å². The lowest BCUT2D eigenvalue weighted by molar-refractivity contribution is -0.117. The van der Waals surface area contributed by atoms with E-state index in [2.05, 4.69) is 15.9 Å². The maximum Gasteiger partial charge on any atom is 0.235 e. The van der Waals surface area contributed by atoms with Crippen molar-refractivity contribution in [3.8, 4) is 0 Å². The van der Waals surface area contributed by atoms with Crippen LogP contribution in [0, 0.1) is 11.6 Å². The van der Waals surface area contributed by atoms with Gasteiger partial charge in [0.15, 0.2) is 0 Å². The van der Waals surface area contributed by atoms with Crippen molar-refractivity contribution >= 4 is 21.8 Å². The van der Waals surface area contributed by atoms with Gasteiger partial charge in [0, 0.05) is 5.56 Å². The van der Waals surface area contributed by atoms with Crippen LogP contribution in [0.3, 0.4) is 0 Å². The molecule has 13 heavy (non-hydrogen) atoms. The molecule has 1 amide bonds. The summed E-state index contributed by atoms with van der Waals surface area (Å²) in [6.45, 7) is 0. The van der Waals surface area contributed by atoms with Crippen LogP contribution in [0.25, 0.3) is 0 Å². The van der Waals surface area contributed by atoms with E-state index in [9.17, 15) is 13.6 Å². The summed E-state index contributed by atoms with van der Waals surface area (Å²) >= 11 is 2.85. The lowest BCUT2D eigenvalue weighted by atomic mass is 10.1. The number of amides is 1. The van der Waals surface area contributed by atoms with Crippen molar-refractivity contribution in [2.45, 2.75) is 4.83 Å². The van der Waals surface area contributed by atoms with E-state index in [1.54, 1.807) is 0 Å². The Morgan fingerprint density at radius 3 is 2.62 bits per heavy atom. The van der Waals surface area contributed by atoms with Crippen LogP contribution in [-0.2, 0) is 4.79 Å². The third kappa shape index (κ3) is 2.24. The molecule has 0 saturated heterocycles. The van der Waals surface area contributed by atoms with Gasteiger partial charge in [-0.1, -0.05) is 15.9 Å².